The highest BCUT2D eigenvalue weighted by molar-refractivity contribution is 8.01. The highest BCUT2D eigenvalue weighted by Gasteiger charge is 2.21. The van der Waals surface area contributed by atoms with E-state index in [0.29, 0.717) is 10.7 Å². The van der Waals surface area contributed by atoms with Crippen molar-refractivity contribution in [2.45, 2.75) is 43.4 Å². The van der Waals surface area contributed by atoms with Crippen molar-refractivity contribution in [3.05, 3.63) is 47.0 Å². The van der Waals surface area contributed by atoms with Crippen LogP contribution in [0.4, 0.5) is 11.4 Å². The first kappa shape index (κ1) is 22.1. The van der Waals surface area contributed by atoms with E-state index in [0.717, 1.165) is 51.5 Å². The first-order valence-electron chi connectivity index (χ1n) is 10.4. The van der Waals surface area contributed by atoms with Crippen molar-refractivity contribution >= 4 is 68.1 Å². The van der Waals surface area contributed by atoms with Crippen LogP contribution in [-0.4, -0.2) is 22.6 Å². The van der Waals surface area contributed by atoms with Gasteiger partial charge in [-0.05, 0) is 55.7 Å². The molecule has 2 aromatic carbocycles. The summed E-state index contributed by atoms with van der Waals surface area (Å²) in [4.78, 5) is 29.4. The van der Waals surface area contributed by atoms with Gasteiger partial charge in [0, 0.05) is 22.3 Å². The van der Waals surface area contributed by atoms with Gasteiger partial charge in [0.1, 0.15) is 0 Å². The molecule has 1 aliphatic carbocycles. The minimum atomic E-state index is -0.107. The Morgan fingerprint density at radius 2 is 1.84 bits per heavy atom. The standard InChI is InChI=1S/C23H24ClN3O2S2/c1-14-7-8-16(11-18(14)24)25-21(28)13-30-23-27-19-10-9-17(12-20(19)31-23)26-22(29)15-5-3-2-4-6-15/h7-12,15H,2-6,13H2,1H3,(H,25,28)(H,26,29). The number of nitrogens with zero attached hydrogens (tertiary/aromatic N) is 1. The van der Waals surface area contributed by atoms with Crippen molar-refractivity contribution in [2.75, 3.05) is 16.4 Å². The summed E-state index contributed by atoms with van der Waals surface area (Å²) in [6.45, 7) is 1.92. The van der Waals surface area contributed by atoms with E-state index in [1.165, 1.54) is 29.5 Å². The zero-order valence-electron chi connectivity index (χ0n) is 17.2. The predicted molar refractivity (Wildman–Crippen MR) is 130 cm³/mol. The molecule has 5 nitrogen and oxygen atoms in total. The van der Waals surface area contributed by atoms with E-state index < -0.39 is 0 Å². The van der Waals surface area contributed by atoms with E-state index >= 15 is 0 Å². The third-order valence-electron chi connectivity index (χ3n) is 5.39. The van der Waals surface area contributed by atoms with Gasteiger partial charge in [-0.3, -0.25) is 9.59 Å². The number of halogens is 1. The Balaban J connectivity index is 1.34. The van der Waals surface area contributed by atoms with Gasteiger partial charge in [-0.25, -0.2) is 4.98 Å². The van der Waals surface area contributed by atoms with Crippen LogP contribution in [0.1, 0.15) is 37.7 Å². The Morgan fingerprint density at radius 3 is 2.61 bits per heavy atom. The van der Waals surface area contributed by atoms with Crippen molar-refractivity contribution in [1.82, 2.24) is 4.98 Å². The SMILES string of the molecule is Cc1ccc(NC(=O)CSc2nc3ccc(NC(=O)C4CCCCC4)cc3s2)cc1Cl. The molecule has 2 amide bonds. The minimum absolute atomic E-state index is 0.107. The lowest BCUT2D eigenvalue weighted by Crippen LogP contribution is -2.24. The normalized spacial score (nSPS) is 14.5. The van der Waals surface area contributed by atoms with Gasteiger partial charge in [0.15, 0.2) is 4.34 Å². The summed E-state index contributed by atoms with van der Waals surface area (Å²) >= 11 is 9.04. The van der Waals surface area contributed by atoms with Crippen molar-refractivity contribution in [2.24, 2.45) is 5.92 Å². The monoisotopic (exact) mass is 473 g/mol. The number of anilines is 2. The van der Waals surface area contributed by atoms with Crippen molar-refractivity contribution in [3.63, 3.8) is 0 Å². The minimum Gasteiger partial charge on any atom is -0.326 e. The predicted octanol–water partition coefficient (Wildman–Crippen LogP) is 6.51. The summed E-state index contributed by atoms with van der Waals surface area (Å²) in [5.74, 6) is 0.394. The number of rotatable bonds is 6. The molecule has 0 bridgehead atoms. The molecule has 0 spiro atoms. The fraction of sp³-hybridized carbons (Fsp3) is 0.348. The molecule has 1 saturated carbocycles. The maximum Gasteiger partial charge on any atom is 0.234 e. The lowest BCUT2D eigenvalue weighted by atomic mass is 9.88. The zero-order chi connectivity index (χ0) is 21.8. The van der Waals surface area contributed by atoms with Crippen LogP contribution in [0.5, 0.6) is 0 Å². The van der Waals surface area contributed by atoms with Crippen molar-refractivity contribution in [1.29, 1.82) is 0 Å². The van der Waals surface area contributed by atoms with Gasteiger partial charge in [0.05, 0.1) is 16.0 Å². The summed E-state index contributed by atoms with van der Waals surface area (Å²) in [6.07, 6.45) is 5.46. The number of carbonyl (C=O) groups is 2. The van der Waals surface area contributed by atoms with Crippen LogP contribution in [0, 0.1) is 12.8 Å². The van der Waals surface area contributed by atoms with Crippen molar-refractivity contribution in [3.8, 4) is 0 Å². The first-order valence-corrected chi connectivity index (χ1v) is 12.6. The number of thioether (sulfide) groups is 1. The van der Waals surface area contributed by atoms with Gasteiger partial charge in [0.2, 0.25) is 11.8 Å². The molecule has 1 aromatic heterocycles. The van der Waals surface area contributed by atoms with E-state index in [4.69, 9.17) is 11.6 Å². The molecule has 0 atom stereocenters. The summed E-state index contributed by atoms with van der Waals surface area (Å²) in [7, 11) is 0. The van der Waals surface area contributed by atoms with Gasteiger partial charge < -0.3 is 10.6 Å². The molecule has 162 valence electrons. The Bertz CT molecular complexity index is 1110. The second-order valence-electron chi connectivity index (χ2n) is 7.79. The molecule has 1 aliphatic rings. The Morgan fingerprint density at radius 1 is 1.10 bits per heavy atom. The van der Waals surface area contributed by atoms with Gasteiger partial charge >= 0.3 is 0 Å². The molecule has 0 aliphatic heterocycles. The number of hydrogen-bond acceptors (Lipinski definition) is 5. The van der Waals surface area contributed by atoms with E-state index in [1.807, 2.05) is 37.3 Å². The third-order valence-corrected chi connectivity index (χ3v) is 7.96. The number of nitrogens with one attached hydrogen (secondary N) is 2. The zero-order valence-corrected chi connectivity index (χ0v) is 19.6. The highest BCUT2D eigenvalue weighted by atomic mass is 35.5. The molecule has 4 rings (SSSR count). The molecular formula is C23H24ClN3O2S2. The van der Waals surface area contributed by atoms with Gasteiger partial charge in [-0.1, -0.05) is 48.7 Å². The molecule has 3 aromatic rings. The van der Waals surface area contributed by atoms with E-state index in [2.05, 4.69) is 15.6 Å². The quantitative estimate of drug-likeness (QED) is 0.400. The van der Waals surface area contributed by atoms with Crippen LogP contribution < -0.4 is 10.6 Å². The summed E-state index contributed by atoms with van der Waals surface area (Å²) < 4.78 is 1.82. The number of hydrogen-bond donors (Lipinski definition) is 2. The molecule has 0 radical (unpaired) electrons. The number of amides is 2. The molecule has 8 heteroatoms. The van der Waals surface area contributed by atoms with Crippen molar-refractivity contribution < 1.29 is 9.59 Å². The number of aryl methyl sites for hydroxylation is 1. The number of aromatic nitrogens is 1. The van der Waals surface area contributed by atoms with E-state index in [-0.39, 0.29) is 23.5 Å². The average molecular weight is 474 g/mol. The van der Waals surface area contributed by atoms with Crippen LogP contribution in [0.3, 0.4) is 0 Å². The number of carbonyl (C=O) groups excluding carboxylic acids is 2. The van der Waals surface area contributed by atoms with Crippen LogP contribution in [0.25, 0.3) is 10.2 Å². The summed E-state index contributed by atoms with van der Waals surface area (Å²) in [6, 6.07) is 11.2. The molecule has 1 heterocycles. The van der Waals surface area contributed by atoms with Crippen LogP contribution in [-0.2, 0) is 9.59 Å². The molecule has 0 unspecified atom stereocenters. The first-order chi connectivity index (χ1) is 15.0. The Labute approximate surface area is 195 Å². The molecular weight excluding hydrogens is 450 g/mol. The Kier molecular flexibility index (Phi) is 7.15. The summed E-state index contributed by atoms with van der Waals surface area (Å²) in [5.41, 5.74) is 3.33. The lowest BCUT2D eigenvalue weighted by molar-refractivity contribution is -0.120. The maximum atomic E-state index is 12.5. The second-order valence-corrected chi connectivity index (χ2v) is 10.4. The maximum absolute atomic E-state index is 12.5. The van der Waals surface area contributed by atoms with E-state index in [9.17, 15) is 9.59 Å². The summed E-state index contributed by atoms with van der Waals surface area (Å²) in [5, 5.41) is 6.55. The fourth-order valence-electron chi connectivity index (χ4n) is 3.65. The van der Waals surface area contributed by atoms with Gasteiger partial charge in [-0.15, -0.1) is 11.3 Å². The van der Waals surface area contributed by atoms with Crippen LogP contribution >= 0.6 is 34.7 Å². The third kappa shape index (κ3) is 5.79. The molecule has 1 fully saturated rings. The van der Waals surface area contributed by atoms with Gasteiger partial charge in [-0.2, -0.15) is 0 Å². The molecule has 0 saturated heterocycles. The number of fused-ring (bicyclic) bond motifs is 1. The Hall–Kier alpha value is -2.09. The number of benzene rings is 2. The topological polar surface area (TPSA) is 71.1 Å². The lowest BCUT2D eigenvalue weighted by Gasteiger charge is -2.20. The second kappa shape index (κ2) is 10.0. The number of thiazole rings is 1. The van der Waals surface area contributed by atoms with Gasteiger partial charge in [0.25, 0.3) is 0 Å². The molecule has 31 heavy (non-hydrogen) atoms. The molecule has 2 N–H and O–H groups in total. The van der Waals surface area contributed by atoms with E-state index in [1.54, 1.807) is 6.07 Å². The van der Waals surface area contributed by atoms with Crippen LogP contribution in [0.2, 0.25) is 5.02 Å². The smallest absolute Gasteiger partial charge is 0.234 e. The fourth-order valence-corrected chi connectivity index (χ4v) is 5.74. The highest BCUT2D eigenvalue weighted by Crippen LogP contribution is 2.32. The average Bonchev–Trinajstić information content (AvgIpc) is 3.18. The van der Waals surface area contributed by atoms with Crippen LogP contribution in [0.15, 0.2) is 40.7 Å². The largest absolute Gasteiger partial charge is 0.326 e.